The first kappa shape index (κ1) is 14.3. The molecule has 3 rings (SSSR count). The lowest BCUT2D eigenvalue weighted by Gasteiger charge is -2.23. The minimum absolute atomic E-state index is 0.0837. The van der Waals surface area contributed by atoms with E-state index in [2.05, 4.69) is 17.3 Å². The van der Waals surface area contributed by atoms with Gasteiger partial charge in [0.25, 0.3) is 5.91 Å². The first-order chi connectivity index (χ1) is 10.2. The van der Waals surface area contributed by atoms with Crippen LogP contribution in [-0.4, -0.2) is 22.3 Å². The van der Waals surface area contributed by atoms with Crippen molar-refractivity contribution in [3.05, 3.63) is 39.7 Å². The van der Waals surface area contributed by atoms with E-state index < -0.39 is 0 Å². The largest absolute Gasteiger partial charge is 0.469 e. The highest BCUT2D eigenvalue weighted by Crippen LogP contribution is 2.34. The fourth-order valence-electron chi connectivity index (χ4n) is 2.96. The predicted octanol–water partition coefficient (Wildman–Crippen LogP) is 3.97. The van der Waals surface area contributed by atoms with Crippen molar-refractivity contribution < 1.29 is 9.21 Å². The van der Waals surface area contributed by atoms with Crippen molar-refractivity contribution in [2.45, 2.75) is 45.6 Å². The summed E-state index contributed by atoms with van der Waals surface area (Å²) in [6, 6.07) is 1.92. The molecule has 2 aromatic rings. The fraction of sp³-hybridized carbons (Fsp3) is 0.500. The molecule has 0 unspecified atom stereocenters. The Morgan fingerprint density at radius 2 is 2.43 bits per heavy atom. The molecule has 1 fully saturated rings. The van der Waals surface area contributed by atoms with Crippen molar-refractivity contribution in [3.8, 4) is 0 Å². The van der Waals surface area contributed by atoms with Crippen LogP contribution in [-0.2, 0) is 6.42 Å². The van der Waals surface area contributed by atoms with Gasteiger partial charge in [-0.3, -0.25) is 4.79 Å². The summed E-state index contributed by atoms with van der Waals surface area (Å²) in [5.74, 6) is 0.892. The second-order valence-corrected chi connectivity index (χ2v) is 6.52. The third kappa shape index (κ3) is 2.75. The molecule has 2 aromatic heterocycles. The van der Waals surface area contributed by atoms with Crippen molar-refractivity contribution in [1.82, 2.24) is 9.88 Å². The molecule has 0 spiro atoms. The van der Waals surface area contributed by atoms with Crippen molar-refractivity contribution >= 4 is 17.2 Å². The van der Waals surface area contributed by atoms with E-state index >= 15 is 0 Å². The maximum Gasteiger partial charge on any atom is 0.257 e. The number of rotatable bonds is 4. The Labute approximate surface area is 128 Å². The van der Waals surface area contributed by atoms with Gasteiger partial charge in [-0.05, 0) is 32.3 Å². The van der Waals surface area contributed by atoms with Gasteiger partial charge < -0.3 is 9.32 Å². The normalized spacial score (nSPS) is 18.4. The Morgan fingerprint density at radius 1 is 1.57 bits per heavy atom. The summed E-state index contributed by atoms with van der Waals surface area (Å²) in [7, 11) is 0. The van der Waals surface area contributed by atoms with Gasteiger partial charge >= 0.3 is 0 Å². The van der Waals surface area contributed by atoms with Crippen LogP contribution in [0, 0.1) is 6.92 Å². The van der Waals surface area contributed by atoms with Gasteiger partial charge in [0, 0.05) is 18.3 Å². The van der Waals surface area contributed by atoms with Gasteiger partial charge in [0.15, 0.2) is 0 Å². The fourth-order valence-corrected chi connectivity index (χ4v) is 3.62. The van der Waals surface area contributed by atoms with Gasteiger partial charge in [0.2, 0.25) is 0 Å². The van der Waals surface area contributed by atoms with Gasteiger partial charge in [-0.25, -0.2) is 4.98 Å². The van der Waals surface area contributed by atoms with Gasteiger partial charge in [-0.15, -0.1) is 11.3 Å². The molecule has 1 aliphatic heterocycles. The minimum atomic E-state index is 0.0837. The van der Waals surface area contributed by atoms with Crippen LogP contribution in [0.4, 0.5) is 0 Å². The average molecular weight is 304 g/mol. The standard InChI is InChI=1S/C16H20N2O2S/c1-3-5-15-12(7-9-20-15)16(19)18-8-4-6-14(18)13-10-21-11(2)17-13/h7,9-10,14H,3-6,8H2,1-2H3/t14-/m0/s1. The van der Waals surface area contributed by atoms with E-state index in [1.165, 1.54) is 0 Å². The molecule has 112 valence electrons. The molecule has 21 heavy (non-hydrogen) atoms. The minimum Gasteiger partial charge on any atom is -0.469 e. The monoisotopic (exact) mass is 304 g/mol. The third-order valence-electron chi connectivity index (χ3n) is 3.94. The summed E-state index contributed by atoms with van der Waals surface area (Å²) in [4.78, 5) is 19.4. The molecule has 0 saturated carbocycles. The first-order valence-corrected chi connectivity index (χ1v) is 8.38. The number of likely N-dealkylation sites (tertiary alicyclic amines) is 1. The number of hydrogen-bond donors (Lipinski definition) is 0. The topological polar surface area (TPSA) is 46.3 Å². The highest BCUT2D eigenvalue weighted by Gasteiger charge is 2.33. The molecule has 0 radical (unpaired) electrons. The lowest BCUT2D eigenvalue weighted by atomic mass is 10.1. The SMILES string of the molecule is CCCc1occc1C(=O)N1CCC[C@H]1c1csc(C)n1. The smallest absolute Gasteiger partial charge is 0.257 e. The molecule has 1 atom stereocenters. The zero-order valence-corrected chi connectivity index (χ0v) is 13.3. The molecular formula is C16H20N2O2S. The molecule has 0 aliphatic carbocycles. The summed E-state index contributed by atoms with van der Waals surface area (Å²) in [5.41, 5.74) is 1.75. The van der Waals surface area contributed by atoms with Crippen molar-refractivity contribution in [1.29, 1.82) is 0 Å². The molecule has 0 aromatic carbocycles. The summed E-state index contributed by atoms with van der Waals surface area (Å²) >= 11 is 1.65. The van der Waals surface area contributed by atoms with Crippen LogP contribution in [0.25, 0.3) is 0 Å². The van der Waals surface area contributed by atoms with Crippen LogP contribution >= 0.6 is 11.3 Å². The molecule has 3 heterocycles. The molecule has 1 amide bonds. The first-order valence-electron chi connectivity index (χ1n) is 7.50. The molecular weight excluding hydrogens is 284 g/mol. The molecule has 1 aliphatic rings. The van der Waals surface area contributed by atoms with Crippen molar-refractivity contribution in [2.75, 3.05) is 6.54 Å². The second-order valence-electron chi connectivity index (χ2n) is 5.46. The van der Waals surface area contributed by atoms with Crippen LogP contribution in [0.15, 0.2) is 22.1 Å². The van der Waals surface area contributed by atoms with Crippen LogP contribution in [0.1, 0.15) is 59.0 Å². The highest BCUT2D eigenvalue weighted by molar-refractivity contribution is 7.09. The number of furan rings is 1. The Bertz CT molecular complexity index is 632. The van der Waals surface area contributed by atoms with Crippen molar-refractivity contribution in [2.24, 2.45) is 0 Å². The number of thiazole rings is 1. The molecule has 5 heteroatoms. The lowest BCUT2D eigenvalue weighted by Crippen LogP contribution is -2.31. The van der Waals surface area contributed by atoms with Gasteiger partial charge in [-0.1, -0.05) is 6.92 Å². The number of amides is 1. The summed E-state index contributed by atoms with van der Waals surface area (Å²) in [6.45, 7) is 4.90. The number of aryl methyl sites for hydroxylation is 2. The van der Waals surface area contributed by atoms with Crippen LogP contribution in [0.2, 0.25) is 0 Å². The van der Waals surface area contributed by atoms with E-state index in [1.54, 1.807) is 23.7 Å². The zero-order valence-electron chi connectivity index (χ0n) is 12.5. The van der Waals surface area contributed by atoms with Gasteiger partial charge in [0.1, 0.15) is 5.76 Å². The van der Waals surface area contributed by atoms with E-state index in [1.807, 2.05) is 11.8 Å². The number of carbonyl (C=O) groups is 1. The van der Waals surface area contributed by atoms with Crippen LogP contribution < -0.4 is 0 Å². The van der Waals surface area contributed by atoms with Crippen LogP contribution in [0.5, 0.6) is 0 Å². The summed E-state index contributed by atoms with van der Waals surface area (Å²) in [6.07, 6.45) is 5.44. The van der Waals surface area contributed by atoms with E-state index in [0.29, 0.717) is 0 Å². The van der Waals surface area contributed by atoms with Crippen molar-refractivity contribution in [3.63, 3.8) is 0 Å². The zero-order chi connectivity index (χ0) is 14.8. The van der Waals surface area contributed by atoms with Crippen LogP contribution in [0.3, 0.4) is 0 Å². The predicted molar refractivity (Wildman–Crippen MR) is 82.6 cm³/mol. The molecule has 0 N–H and O–H groups in total. The molecule has 1 saturated heterocycles. The number of aromatic nitrogens is 1. The lowest BCUT2D eigenvalue weighted by molar-refractivity contribution is 0.0731. The Morgan fingerprint density at radius 3 is 3.14 bits per heavy atom. The summed E-state index contributed by atoms with van der Waals surface area (Å²) < 4.78 is 5.47. The number of nitrogens with zero attached hydrogens (tertiary/aromatic N) is 2. The average Bonchev–Trinajstić information content (AvgIpc) is 3.17. The Hall–Kier alpha value is -1.62. The third-order valence-corrected chi connectivity index (χ3v) is 4.74. The van der Waals surface area contributed by atoms with E-state index in [0.717, 1.165) is 54.3 Å². The molecule has 4 nitrogen and oxygen atoms in total. The van der Waals surface area contributed by atoms with Gasteiger partial charge in [-0.2, -0.15) is 0 Å². The Balaban J connectivity index is 1.84. The number of carbonyl (C=O) groups excluding carboxylic acids is 1. The van der Waals surface area contributed by atoms with Gasteiger partial charge in [0.05, 0.1) is 28.6 Å². The summed E-state index contributed by atoms with van der Waals surface area (Å²) in [5, 5.41) is 3.13. The van der Waals surface area contributed by atoms with E-state index in [9.17, 15) is 4.79 Å². The van der Waals surface area contributed by atoms with E-state index in [4.69, 9.17) is 4.42 Å². The molecule has 0 bridgehead atoms. The number of hydrogen-bond acceptors (Lipinski definition) is 4. The maximum absolute atomic E-state index is 12.8. The Kier molecular flexibility index (Phi) is 4.10. The quantitative estimate of drug-likeness (QED) is 0.858. The highest BCUT2D eigenvalue weighted by atomic mass is 32.1. The maximum atomic E-state index is 12.8. The second kappa shape index (κ2) is 6.02. The van der Waals surface area contributed by atoms with E-state index in [-0.39, 0.29) is 11.9 Å².